The molecule has 2 unspecified atom stereocenters. The Kier molecular flexibility index (Phi) is 4.44. The van der Waals surface area contributed by atoms with E-state index in [1.807, 2.05) is 6.92 Å². The molecular formula is C15H18F3NO2. The Hall–Kier alpha value is -1.72. The highest BCUT2D eigenvalue weighted by molar-refractivity contribution is 6.03. The van der Waals surface area contributed by atoms with Gasteiger partial charge in [0.1, 0.15) is 5.75 Å². The van der Waals surface area contributed by atoms with Crippen LogP contribution in [-0.4, -0.2) is 12.3 Å². The van der Waals surface area contributed by atoms with Crippen molar-refractivity contribution in [2.45, 2.75) is 45.4 Å². The summed E-state index contributed by atoms with van der Waals surface area (Å²) in [6, 6.07) is 3.98. The number of hydrogen-bond acceptors (Lipinski definition) is 2. The van der Waals surface area contributed by atoms with Gasteiger partial charge in [-0.05, 0) is 36.1 Å². The van der Waals surface area contributed by atoms with E-state index in [4.69, 9.17) is 0 Å². The van der Waals surface area contributed by atoms with E-state index in [2.05, 4.69) is 17.0 Å². The second-order valence-corrected chi connectivity index (χ2v) is 5.47. The van der Waals surface area contributed by atoms with Gasteiger partial charge in [-0.25, -0.2) is 0 Å². The molecule has 0 bridgehead atoms. The third kappa shape index (κ3) is 3.89. The summed E-state index contributed by atoms with van der Waals surface area (Å²) < 4.78 is 40.7. The maximum atomic E-state index is 12.3. The Labute approximate surface area is 121 Å². The molecule has 1 aliphatic rings. The van der Waals surface area contributed by atoms with Gasteiger partial charge in [-0.15, -0.1) is 13.2 Å². The molecule has 3 nitrogen and oxygen atoms in total. The second kappa shape index (κ2) is 5.95. The van der Waals surface area contributed by atoms with Crippen LogP contribution in [0, 0.1) is 5.92 Å². The van der Waals surface area contributed by atoms with Crippen LogP contribution in [0.2, 0.25) is 0 Å². The van der Waals surface area contributed by atoms with Crippen molar-refractivity contribution in [3.05, 3.63) is 23.8 Å². The van der Waals surface area contributed by atoms with Crippen molar-refractivity contribution >= 4 is 11.6 Å². The molecule has 1 aliphatic heterocycles. The Balaban J connectivity index is 2.20. The quantitative estimate of drug-likeness (QED) is 0.872. The van der Waals surface area contributed by atoms with E-state index in [-0.39, 0.29) is 11.7 Å². The third-order valence-electron chi connectivity index (χ3n) is 3.63. The SMILES string of the molecule is CCCC(C)CC1C(=O)Nc2ccc(OC(F)(F)F)cc21. The van der Waals surface area contributed by atoms with E-state index < -0.39 is 12.3 Å². The van der Waals surface area contributed by atoms with Gasteiger partial charge in [0.25, 0.3) is 0 Å². The van der Waals surface area contributed by atoms with Crippen molar-refractivity contribution in [2.24, 2.45) is 5.92 Å². The molecule has 2 atom stereocenters. The van der Waals surface area contributed by atoms with E-state index in [1.54, 1.807) is 0 Å². The van der Waals surface area contributed by atoms with Crippen LogP contribution in [0.5, 0.6) is 5.75 Å². The van der Waals surface area contributed by atoms with Crippen LogP contribution in [0.25, 0.3) is 0 Å². The average Bonchev–Trinajstić information content (AvgIpc) is 2.64. The van der Waals surface area contributed by atoms with Crippen LogP contribution in [0.3, 0.4) is 0 Å². The normalized spacial score (nSPS) is 19.1. The molecule has 1 aromatic rings. The lowest BCUT2D eigenvalue weighted by atomic mass is 9.88. The van der Waals surface area contributed by atoms with Crippen molar-refractivity contribution < 1.29 is 22.7 Å². The first-order valence-electron chi connectivity index (χ1n) is 7.00. The van der Waals surface area contributed by atoms with E-state index in [9.17, 15) is 18.0 Å². The van der Waals surface area contributed by atoms with Gasteiger partial charge in [0.15, 0.2) is 0 Å². The molecule has 0 saturated carbocycles. The van der Waals surface area contributed by atoms with E-state index in [1.165, 1.54) is 18.2 Å². The molecule has 1 aromatic carbocycles. The molecule has 0 aliphatic carbocycles. The predicted octanol–water partition coefficient (Wildman–Crippen LogP) is 4.45. The third-order valence-corrected chi connectivity index (χ3v) is 3.63. The van der Waals surface area contributed by atoms with E-state index >= 15 is 0 Å². The lowest BCUT2D eigenvalue weighted by molar-refractivity contribution is -0.274. The lowest BCUT2D eigenvalue weighted by Gasteiger charge is -2.16. The van der Waals surface area contributed by atoms with Crippen LogP contribution in [0.15, 0.2) is 18.2 Å². The Morgan fingerprint density at radius 1 is 1.38 bits per heavy atom. The fourth-order valence-electron chi connectivity index (χ4n) is 2.75. The molecule has 6 heteroatoms. The van der Waals surface area contributed by atoms with Crippen LogP contribution < -0.4 is 10.1 Å². The molecule has 1 heterocycles. The Morgan fingerprint density at radius 2 is 2.10 bits per heavy atom. The van der Waals surface area contributed by atoms with Crippen molar-refractivity contribution in [3.63, 3.8) is 0 Å². The molecule has 2 rings (SSSR count). The zero-order valence-electron chi connectivity index (χ0n) is 12.0. The van der Waals surface area contributed by atoms with Gasteiger partial charge in [0.2, 0.25) is 5.91 Å². The summed E-state index contributed by atoms with van der Waals surface area (Å²) in [6.07, 6.45) is -2.10. The minimum Gasteiger partial charge on any atom is -0.406 e. The minimum atomic E-state index is -4.73. The number of alkyl halides is 3. The van der Waals surface area contributed by atoms with Crippen LogP contribution in [0.1, 0.15) is 44.6 Å². The zero-order chi connectivity index (χ0) is 15.6. The fraction of sp³-hybridized carbons (Fsp3) is 0.533. The number of carbonyl (C=O) groups is 1. The first-order chi connectivity index (χ1) is 9.80. The molecule has 0 fully saturated rings. The highest BCUT2D eigenvalue weighted by Gasteiger charge is 2.34. The van der Waals surface area contributed by atoms with Crippen LogP contribution >= 0.6 is 0 Å². The zero-order valence-corrected chi connectivity index (χ0v) is 12.0. The van der Waals surface area contributed by atoms with Crippen molar-refractivity contribution in [3.8, 4) is 5.75 Å². The minimum absolute atomic E-state index is 0.155. The van der Waals surface area contributed by atoms with Gasteiger partial charge >= 0.3 is 6.36 Å². The van der Waals surface area contributed by atoms with Gasteiger partial charge in [0, 0.05) is 5.69 Å². The maximum absolute atomic E-state index is 12.3. The van der Waals surface area contributed by atoms with Gasteiger partial charge in [-0.3, -0.25) is 4.79 Å². The molecular weight excluding hydrogens is 283 g/mol. The molecule has 0 spiro atoms. The number of ether oxygens (including phenoxy) is 1. The summed E-state index contributed by atoms with van der Waals surface area (Å²) in [7, 11) is 0. The fourth-order valence-corrected chi connectivity index (χ4v) is 2.75. The van der Waals surface area contributed by atoms with Gasteiger partial charge in [-0.1, -0.05) is 26.7 Å². The predicted molar refractivity (Wildman–Crippen MR) is 73.2 cm³/mol. The number of anilines is 1. The summed E-state index contributed by atoms with van der Waals surface area (Å²) in [4.78, 5) is 12.0. The van der Waals surface area contributed by atoms with Gasteiger partial charge in [-0.2, -0.15) is 0 Å². The Morgan fingerprint density at radius 3 is 2.71 bits per heavy atom. The molecule has 0 aromatic heterocycles. The number of amides is 1. The number of benzene rings is 1. The second-order valence-electron chi connectivity index (χ2n) is 5.47. The average molecular weight is 301 g/mol. The van der Waals surface area contributed by atoms with Crippen molar-refractivity contribution in [1.29, 1.82) is 0 Å². The van der Waals surface area contributed by atoms with Crippen LogP contribution in [0.4, 0.5) is 18.9 Å². The van der Waals surface area contributed by atoms with Gasteiger partial charge < -0.3 is 10.1 Å². The molecule has 0 saturated heterocycles. The molecule has 1 amide bonds. The lowest BCUT2D eigenvalue weighted by Crippen LogP contribution is -2.17. The van der Waals surface area contributed by atoms with Crippen molar-refractivity contribution in [1.82, 2.24) is 0 Å². The van der Waals surface area contributed by atoms with Gasteiger partial charge in [0.05, 0.1) is 5.92 Å². The molecule has 0 radical (unpaired) electrons. The number of fused-ring (bicyclic) bond motifs is 1. The highest BCUT2D eigenvalue weighted by Crippen LogP contribution is 2.40. The maximum Gasteiger partial charge on any atom is 0.573 e. The largest absolute Gasteiger partial charge is 0.573 e. The first kappa shape index (κ1) is 15.7. The number of halogens is 3. The summed E-state index contributed by atoms with van der Waals surface area (Å²) >= 11 is 0. The highest BCUT2D eigenvalue weighted by atomic mass is 19.4. The summed E-state index contributed by atoms with van der Waals surface area (Å²) in [6.45, 7) is 4.11. The van der Waals surface area contributed by atoms with Crippen LogP contribution in [-0.2, 0) is 4.79 Å². The molecule has 21 heavy (non-hydrogen) atoms. The van der Waals surface area contributed by atoms with E-state index in [0.717, 1.165) is 12.8 Å². The molecule has 116 valence electrons. The monoisotopic (exact) mass is 301 g/mol. The summed E-state index contributed by atoms with van der Waals surface area (Å²) in [5, 5.41) is 2.71. The van der Waals surface area contributed by atoms with E-state index in [0.29, 0.717) is 23.6 Å². The number of nitrogens with one attached hydrogen (secondary N) is 1. The number of rotatable bonds is 5. The summed E-state index contributed by atoms with van der Waals surface area (Å²) in [5.41, 5.74) is 1.16. The molecule has 1 N–H and O–H groups in total. The standard InChI is InChI=1S/C15H18F3NO2/c1-3-4-9(2)7-12-11-8-10(21-15(16,17)18)5-6-13(11)19-14(12)20/h5-6,8-9,12H,3-4,7H2,1-2H3,(H,19,20). The topological polar surface area (TPSA) is 38.3 Å². The number of carbonyl (C=O) groups excluding carboxylic acids is 1. The summed E-state index contributed by atoms with van der Waals surface area (Å²) in [5.74, 6) is -0.509. The van der Waals surface area contributed by atoms with Crippen molar-refractivity contribution in [2.75, 3.05) is 5.32 Å². The smallest absolute Gasteiger partial charge is 0.406 e. The first-order valence-corrected chi connectivity index (χ1v) is 7.00. The number of hydrogen-bond donors (Lipinski definition) is 1. The Bertz CT molecular complexity index is 528.